The third kappa shape index (κ3) is 3.27. The zero-order chi connectivity index (χ0) is 20.6. The van der Waals surface area contributed by atoms with Crippen molar-refractivity contribution in [1.29, 1.82) is 0 Å². The summed E-state index contributed by atoms with van der Waals surface area (Å²) in [5.41, 5.74) is 2.14. The summed E-state index contributed by atoms with van der Waals surface area (Å²) in [6, 6.07) is 32.3. The fourth-order valence-corrected chi connectivity index (χ4v) is 5.38. The van der Waals surface area contributed by atoms with Crippen LogP contribution in [0.3, 0.4) is 0 Å². The highest BCUT2D eigenvalue weighted by Gasteiger charge is 2.36. The zero-order valence-electron chi connectivity index (χ0n) is 16.0. The molecule has 0 aliphatic carbocycles. The number of aliphatic hydroxyl groups is 1. The van der Waals surface area contributed by atoms with Crippen molar-refractivity contribution in [3.63, 3.8) is 0 Å². The lowest BCUT2D eigenvalue weighted by molar-refractivity contribution is 0.126. The first-order valence-corrected chi connectivity index (χ1v) is 11.3. The molecule has 0 aliphatic heterocycles. The number of aromatic nitrogens is 1. The molecule has 0 radical (unpaired) electrons. The van der Waals surface area contributed by atoms with E-state index in [1.54, 1.807) is 17.5 Å². The summed E-state index contributed by atoms with van der Waals surface area (Å²) in [5, 5.41) is 13.5. The number of halogens is 1. The molecule has 5 rings (SSSR count). The highest BCUT2D eigenvalue weighted by Crippen LogP contribution is 2.44. The van der Waals surface area contributed by atoms with E-state index in [0.29, 0.717) is 4.60 Å². The highest BCUT2D eigenvalue weighted by atomic mass is 79.9. The van der Waals surface area contributed by atoms with Gasteiger partial charge in [-0.05, 0) is 62.3 Å². The Labute approximate surface area is 187 Å². The van der Waals surface area contributed by atoms with Crippen LogP contribution in [0.15, 0.2) is 108 Å². The molecule has 146 valence electrons. The van der Waals surface area contributed by atoms with Crippen LogP contribution in [0.25, 0.3) is 20.5 Å². The number of rotatable bonds is 4. The molecular formula is C26H18BrNOS. The minimum Gasteiger partial charge on any atom is -0.376 e. The second kappa shape index (κ2) is 7.80. The third-order valence-corrected chi connectivity index (χ3v) is 6.93. The first kappa shape index (κ1) is 19.2. The van der Waals surface area contributed by atoms with Crippen LogP contribution in [-0.4, -0.2) is 10.1 Å². The normalized spacial score (nSPS) is 13.3. The summed E-state index contributed by atoms with van der Waals surface area (Å²) in [4.78, 5) is 5.39. The van der Waals surface area contributed by atoms with E-state index in [1.165, 1.54) is 10.1 Å². The molecule has 30 heavy (non-hydrogen) atoms. The van der Waals surface area contributed by atoms with Gasteiger partial charge in [0.15, 0.2) is 0 Å². The van der Waals surface area contributed by atoms with Gasteiger partial charge in [0, 0.05) is 21.3 Å². The van der Waals surface area contributed by atoms with Crippen molar-refractivity contribution >= 4 is 37.4 Å². The van der Waals surface area contributed by atoms with Crippen LogP contribution in [0, 0.1) is 0 Å². The van der Waals surface area contributed by atoms with Crippen molar-refractivity contribution in [3.05, 3.63) is 125 Å². The molecule has 0 saturated carbocycles. The van der Waals surface area contributed by atoms with Crippen molar-refractivity contribution in [1.82, 2.24) is 4.98 Å². The van der Waals surface area contributed by atoms with E-state index in [-0.39, 0.29) is 0 Å². The molecule has 0 aliphatic rings. The van der Waals surface area contributed by atoms with Gasteiger partial charge >= 0.3 is 0 Å². The first-order chi connectivity index (χ1) is 14.7. The van der Waals surface area contributed by atoms with E-state index in [9.17, 15) is 5.11 Å². The van der Waals surface area contributed by atoms with Crippen LogP contribution >= 0.6 is 27.3 Å². The Morgan fingerprint density at radius 2 is 1.50 bits per heavy atom. The fourth-order valence-electron chi connectivity index (χ4n) is 3.91. The number of hydrogen-bond donors (Lipinski definition) is 1. The van der Waals surface area contributed by atoms with Gasteiger partial charge in [-0.3, -0.25) is 0 Å². The van der Waals surface area contributed by atoms with Crippen LogP contribution in [0.2, 0.25) is 0 Å². The van der Waals surface area contributed by atoms with Crippen LogP contribution < -0.4 is 0 Å². The first-order valence-electron chi connectivity index (χ1n) is 9.64. The van der Waals surface area contributed by atoms with Crippen LogP contribution in [-0.2, 0) is 5.60 Å². The maximum atomic E-state index is 12.3. The van der Waals surface area contributed by atoms with Gasteiger partial charge in [-0.2, -0.15) is 0 Å². The lowest BCUT2D eigenvalue weighted by Crippen LogP contribution is -2.29. The third-order valence-electron chi connectivity index (χ3n) is 5.34. The molecule has 2 heterocycles. The average Bonchev–Trinajstić information content (AvgIpc) is 3.23. The largest absolute Gasteiger partial charge is 0.376 e. The Kier molecular flexibility index (Phi) is 4.99. The summed E-state index contributed by atoms with van der Waals surface area (Å²) < 4.78 is 1.92. The summed E-state index contributed by atoms with van der Waals surface area (Å²) in [6.45, 7) is 0. The van der Waals surface area contributed by atoms with Gasteiger partial charge in [0.25, 0.3) is 0 Å². The Morgan fingerprint density at radius 3 is 2.30 bits per heavy atom. The molecule has 0 saturated heterocycles. The lowest BCUT2D eigenvalue weighted by atomic mass is 9.78. The smallest absolute Gasteiger partial charge is 0.141 e. The molecule has 0 amide bonds. The lowest BCUT2D eigenvalue weighted by Gasteiger charge is -2.32. The van der Waals surface area contributed by atoms with Gasteiger partial charge < -0.3 is 5.11 Å². The Hall–Kier alpha value is -2.79. The molecule has 4 heteroatoms. The number of fused-ring (bicyclic) bond motifs is 1. The molecule has 0 fully saturated rings. The number of pyridine rings is 1. The van der Waals surface area contributed by atoms with E-state index >= 15 is 0 Å². The molecule has 2 aromatic heterocycles. The van der Waals surface area contributed by atoms with Gasteiger partial charge in [0.2, 0.25) is 0 Å². The number of thiophene rings is 1. The van der Waals surface area contributed by atoms with Crippen molar-refractivity contribution in [2.75, 3.05) is 0 Å². The molecular weight excluding hydrogens is 454 g/mol. The van der Waals surface area contributed by atoms with Gasteiger partial charge in [-0.25, -0.2) is 4.98 Å². The Morgan fingerprint density at radius 1 is 0.767 bits per heavy atom. The molecule has 0 spiro atoms. The topological polar surface area (TPSA) is 33.1 Å². The van der Waals surface area contributed by atoms with Crippen molar-refractivity contribution < 1.29 is 5.11 Å². The summed E-state index contributed by atoms with van der Waals surface area (Å²) in [7, 11) is 0. The average molecular weight is 472 g/mol. The van der Waals surface area contributed by atoms with Crippen LogP contribution in [0.1, 0.15) is 16.7 Å². The molecule has 1 atom stereocenters. The SMILES string of the molecule is OC(c1ccccc1)(c1ccnc(Br)c1)c1ccccc1-c1cc2ccccc2s1. The number of hydrogen-bond acceptors (Lipinski definition) is 3. The minimum atomic E-state index is -1.32. The fraction of sp³-hybridized carbons (Fsp3) is 0.0385. The molecule has 2 nitrogen and oxygen atoms in total. The van der Waals surface area contributed by atoms with Gasteiger partial charge in [-0.1, -0.05) is 72.8 Å². The van der Waals surface area contributed by atoms with Crippen LogP contribution in [0.5, 0.6) is 0 Å². The molecule has 5 aromatic rings. The highest BCUT2D eigenvalue weighted by molar-refractivity contribution is 9.10. The van der Waals surface area contributed by atoms with E-state index in [0.717, 1.165) is 27.1 Å². The van der Waals surface area contributed by atoms with Gasteiger partial charge in [0.05, 0.1) is 0 Å². The van der Waals surface area contributed by atoms with Crippen molar-refractivity contribution in [3.8, 4) is 10.4 Å². The summed E-state index contributed by atoms with van der Waals surface area (Å²) in [6.07, 6.45) is 1.72. The zero-order valence-corrected chi connectivity index (χ0v) is 18.4. The monoisotopic (exact) mass is 471 g/mol. The van der Waals surface area contributed by atoms with E-state index in [1.807, 2.05) is 60.7 Å². The molecule has 1 N–H and O–H groups in total. The van der Waals surface area contributed by atoms with E-state index in [4.69, 9.17) is 0 Å². The molecule has 1 unspecified atom stereocenters. The number of benzene rings is 3. The van der Waals surface area contributed by atoms with Crippen LogP contribution in [0.4, 0.5) is 0 Å². The molecule has 3 aromatic carbocycles. The Balaban J connectivity index is 1.79. The van der Waals surface area contributed by atoms with Gasteiger partial charge in [-0.15, -0.1) is 11.3 Å². The summed E-state index contributed by atoms with van der Waals surface area (Å²) in [5.74, 6) is 0. The number of nitrogens with zero attached hydrogens (tertiary/aromatic N) is 1. The maximum absolute atomic E-state index is 12.3. The standard InChI is InChI=1S/C26H18BrNOS/c27-25-17-20(14-15-28-25)26(29,19-9-2-1-3-10-19)22-12-6-5-11-21(22)24-16-18-8-4-7-13-23(18)30-24/h1-17,29H. The van der Waals surface area contributed by atoms with Crippen molar-refractivity contribution in [2.45, 2.75) is 5.60 Å². The predicted molar refractivity (Wildman–Crippen MR) is 128 cm³/mol. The summed E-state index contributed by atoms with van der Waals surface area (Å²) >= 11 is 5.21. The maximum Gasteiger partial charge on any atom is 0.141 e. The van der Waals surface area contributed by atoms with Crippen molar-refractivity contribution in [2.24, 2.45) is 0 Å². The van der Waals surface area contributed by atoms with Gasteiger partial charge in [0.1, 0.15) is 10.2 Å². The quantitative estimate of drug-likeness (QED) is 0.286. The predicted octanol–water partition coefficient (Wildman–Crippen LogP) is 7.01. The second-order valence-electron chi connectivity index (χ2n) is 7.14. The van der Waals surface area contributed by atoms with E-state index in [2.05, 4.69) is 57.3 Å². The Bertz CT molecular complexity index is 1300. The second-order valence-corrected chi connectivity index (χ2v) is 9.03. The molecule has 0 bridgehead atoms. The van der Waals surface area contributed by atoms with E-state index < -0.39 is 5.60 Å². The minimum absolute atomic E-state index is 0.689.